The molecule has 104 valence electrons. The highest BCUT2D eigenvalue weighted by atomic mass is 79.9. The second-order valence-electron chi connectivity index (χ2n) is 5.35. The molecule has 2 rings (SSSR count). The number of ether oxygens (including phenoxy) is 1. The fourth-order valence-corrected chi connectivity index (χ4v) is 3.12. The lowest BCUT2D eigenvalue weighted by molar-refractivity contribution is 0.0904. The quantitative estimate of drug-likeness (QED) is 0.582. The Kier molecular flexibility index (Phi) is 5.03. The molecule has 19 heavy (non-hydrogen) atoms. The van der Waals surface area contributed by atoms with E-state index in [4.69, 9.17) is 4.74 Å². The first-order valence-corrected chi connectivity index (χ1v) is 7.81. The van der Waals surface area contributed by atoms with Crippen LogP contribution in [-0.2, 0) is 0 Å². The topological polar surface area (TPSA) is 26.3 Å². The maximum atomic E-state index is 12.7. The molecule has 1 aromatic carbocycles. The third kappa shape index (κ3) is 3.38. The summed E-state index contributed by atoms with van der Waals surface area (Å²) in [7, 11) is 1.63. The van der Waals surface area contributed by atoms with Crippen LogP contribution >= 0.6 is 15.9 Å². The molecule has 0 bridgehead atoms. The maximum absolute atomic E-state index is 12.7. The van der Waals surface area contributed by atoms with Crippen molar-refractivity contribution in [2.45, 2.75) is 45.4 Å². The van der Waals surface area contributed by atoms with Gasteiger partial charge in [-0.3, -0.25) is 4.79 Å². The van der Waals surface area contributed by atoms with Crippen LogP contribution in [-0.4, -0.2) is 12.9 Å². The van der Waals surface area contributed by atoms with Crippen molar-refractivity contribution in [3.8, 4) is 5.75 Å². The number of rotatable bonds is 3. The van der Waals surface area contributed by atoms with E-state index in [-0.39, 0.29) is 11.7 Å². The molecular weight excluding hydrogens is 304 g/mol. The van der Waals surface area contributed by atoms with E-state index < -0.39 is 0 Å². The molecule has 0 spiro atoms. The van der Waals surface area contributed by atoms with Crippen LogP contribution in [0.5, 0.6) is 5.75 Å². The van der Waals surface area contributed by atoms with Gasteiger partial charge in [-0.25, -0.2) is 0 Å². The summed E-state index contributed by atoms with van der Waals surface area (Å²) in [5.74, 6) is 1.13. The van der Waals surface area contributed by atoms with E-state index in [9.17, 15) is 4.79 Å². The Morgan fingerprint density at radius 1 is 1.21 bits per heavy atom. The van der Waals surface area contributed by atoms with Crippen molar-refractivity contribution in [1.82, 2.24) is 0 Å². The Labute approximate surface area is 123 Å². The highest BCUT2D eigenvalue weighted by Gasteiger charge is 2.24. The molecule has 0 N–H and O–H groups in total. The molecule has 0 unspecified atom stereocenters. The van der Waals surface area contributed by atoms with Crippen molar-refractivity contribution in [3.63, 3.8) is 0 Å². The number of aryl methyl sites for hydroxylation is 1. The zero-order chi connectivity index (χ0) is 13.8. The molecule has 0 atom stereocenters. The Hall–Kier alpha value is -0.830. The minimum absolute atomic E-state index is 0.172. The minimum Gasteiger partial charge on any atom is -0.496 e. The highest BCUT2D eigenvalue weighted by molar-refractivity contribution is 9.10. The predicted octanol–water partition coefficient (Wildman–Crippen LogP) is 4.92. The zero-order valence-corrected chi connectivity index (χ0v) is 13.3. The molecule has 0 saturated heterocycles. The summed E-state index contributed by atoms with van der Waals surface area (Å²) in [6.45, 7) is 2.01. The third-order valence-electron chi connectivity index (χ3n) is 3.97. The summed E-state index contributed by atoms with van der Waals surface area (Å²) in [5.41, 5.74) is 1.82. The summed E-state index contributed by atoms with van der Waals surface area (Å²) in [6.07, 6.45) is 6.91. The average Bonchev–Trinajstić information content (AvgIpc) is 2.69. The number of Topliss-reactive ketones (excluding diaryl/α,β-unsaturated/α-hetero) is 1. The smallest absolute Gasteiger partial charge is 0.169 e. The number of halogens is 1. The molecule has 1 aliphatic carbocycles. The first-order chi connectivity index (χ1) is 9.13. The van der Waals surface area contributed by atoms with Gasteiger partial charge in [-0.1, -0.05) is 41.6 Å². The van der Waals surface area contributed by atoms with Gasteiger partial charge in [0.15, 0.2) is 5.78 Å². The minimum atomic E-state index is 0.172. The van der Waals surface area contributed by atoms with Crippen molar-refractivity contribution in [2.24, 2.45) is 5.92 Å². The molecule has 2 nitrogen and oxygen atoms in total. The molecule has 1 saturated carbocycles. The summed E-state index contributed by atoms with van der Waals surface area (Å²) in [6, 6.07) is 3.86. The molecule has 1 aliphatic rings. The van der Waals surface area contributed by atoms with Crippen LogP contribution in [0.3, 0.4) is 0 Å². The number of ketones is 1. The average molecular weight is 325 g/mol. The second kappa shape index (κ2) is 6.56. The van der Waals surface area contributed by atoms with Gasteiger partial charge in [-0.2, -0.15) is 0 Å². The van der Waals surface area contributed by atoms with E-state index in [0.717, 1.165) is 28.4 Å². The molecule has 0 radical (unpaired) electrons. The van der Waals surface area contributed by atoms with Crippen molar-refractivity contribution in [1.29, 1.82) is 0 Å². The largest absolute Gasteiger partial charge is 0.496 e. The standard InChI is InChI=1S/C16H21BrO2/c1-11-9-15(19-2)13(10-14(11)17)16(18)12-7-5-3-4-6-8-12/h9-10,12H,3-8H2,1-2H3. The lowest BCUT2D eigenvalue weighted by atomic mass is 9.90. The summed E-state index contributed by atoms with van der Waals surface area (Å²) in [4.78, 5) is 12.7. The SMILES string of the molecule is COc1cc(C)c(Br)cc1C(=O)C1CCCCCC1. The summed E-state index contributed by atoms with van der Waals surface area (Å²) >= 11 is 3.51. The van der Waals surface area contributed by atoms with Crippen LogP contribution in [0.25, 0.3) is 0 Å². The molecule has 1 aromatic rings. The van der Waals surface area contributed by atoms with Gasteiger partial charge in [0.25, 0.3) is 0 Å². The number of hydrogen-bond donors (Lipinski definition) is 0. The van der Waals surface area contributed by atoms with Crippen molar-refractivity contribution in [2.75, 3.05) is 7.11 Å². The molecule has 0 amide bonds. The Balaban J connectivity index is 2.29. The van der Waals surface area contributed by atoms with Gasteiger partial charge in [0.05, 0.1) is 12.7 Å². The molecule has 0 aliphatic heterocycles. The van der Waals surface area contributed by atoms with Crippen LogP contribution < -0.4 is 4.74 Å². The molecular formula is C16H21BrO2. The van der Waals surface area contributed by atoms with E-state index in [1.807, 2.05) is 19.1 Å². The number of carbonyl (C=O) groups excluding carboxylic acids is 1. The number of hydrogen-bond acceptors (Lipinski definition) is 2. The maximum Gasteiger partial charge on any atom is 0.169 e. The van der Waals surface area contributed by atoms with Gasteiger partial charge >= 0.3 is 0 Å². The zero-order valence-electron chi connectivity index (χ0n) is 11.7. The summed E-state index contributed by atoms with van der Waals surface area (Å²) in [5, 5.41) is 0. The number of carbonyl (C=O) groups is 1. The van der Waals surface area contributed by atoms with Gasteiger partial charge in [-0.15, -0.1) is 0 Å². The van der Waals surface area contributed by atoms with E-state index in [1.54, 1.807) is 7.11 Å². The summed E-state index contributed by atoms with van der Waals surface area (Å²) < 4.78 is 6.36. The molecule has 0 aromatic heterocycles. The van der Waals surface area contributed by atoms with Crippen LogP contribution in [0.15, 0.2) is 16.6 Å². The first-order valence-electron chi connectivity index (χ1n) is 7.02. The van der Waals surface area contributed by atoms with E-state index >= 15 is 0 Å². The normalized spacial score (nSPS) is 17.0. The van der Waals surface area contributed by atoms with Gasteiger partial charge in [-0.05, 0) is 37.5 Å². The van der Waals surface area contributed by atoms with Crippen molar-refractivity contribution < 1.29 is 9.53 Å². The lowest BCUT2D eigenvalue weighted by Gasteiger charge is -2.16. The van der Waals surface area contributed by atoms with E-state index in [2.05, 4.69) is 15.9 Å². The fourth-order valence-electron chi connectivity index (χ4n) is 2.78. The van der Waals surface area contributed by atoms with Crippen LogP contribution in [0.1, 0.15) is 54.4 Å². The Morgan fingerprint density at radius 2 is 1.84 bits per heavy atom. The second-order valence-corrected chi connectivity index (χ2v) is 6.21. The van der Waals surface area contributed by atoms with Gasteiger partial charge in [0.2, 0.25) is 0 Å². The molecule has 3 heteroatoms. The van der Waals surface area contributed by atoms with Crippen LogP contribution in [0.2, 0.25) is 0 Å². The van der Waals surface area contributed by atoms with Gasteiger partial charge < -0.3 is 4.74 Å². The van der Waals surface area contributed by atoms with Crippen molar-refractivity contribution >= 4 is 21.7 Å². The predicted molar refractivity (Wildman–Crippen MR) is 81.0 cm³/mol. The number of methoxy groups -OCH3 is 1. The lowest BCUT2D eigenvalue weighted by Crippen LogP contribution is -2.15. The van der Waals surface area contributed by atoms with E-state index in [1.165, 1.54) is 25.7 Å². The Morgan fingerprint density at radius 3 is 2.42 bits per heavy atom. The monoisotopic (exact) mass is 324 g/mol. The molecule has 1 fully saturated rings. The number of benzene rings is 1. The third-order valence-corrected chi connectivity index (χ3v) is 4.83. The molecule has 0 heterocycles. The fraction of sp³-hybridized carbons (Fsp3) is 0.562. The van der Waals surface area contributed by atoms with Crippen molar-refractivity contribution in [3.05, 3.63) is 27.7 Å². The van der Waals surface area contributed by atoms with Crippen LogP contribution in [0, 0.1) is 12.8 Å². The highest BCUT2D eigenvalue weighted by Crippen LogP contribution is 2.32. The van der Waals surface area contributed by atoms with Gasteiger partial charge in [0, 0.05) is 10.4 Å². The first kappa shape index (κ1) is 14.6. The van der Waals surface area contributed by atoms with Gasteiger partial charge in [0.1, 0.15) is 5.75 Å². The van der Waals surface area contributed by atoms with E-state index in [0.29, 0.717) is 5.75 Å². The Bertz CT molecular complexity index is 460. The van der Waals surface area contributed by atoms with Crippen LogP contribution in [0.4, 0.5) is 0 Å².